The van der Waals surface area contributed by atoms with Crippen molar-refractivity contribution in [3.05, 3.63) is 41.3 Å². The fourth-order valence-electron chi connectivity index (χ4n) is 3.61. The number of carbonyl (C=O) groups is 1. The van der Waals surface area contributed by atoms with Gasteiger partial charge in [-0.2, -0.15) is 5.10 Å². The Morgan fingerprint density at radius 2 is 1.88 bits per heavy atom. The van der Waals surface area contributed by atoms with Gasteiger partial charge in [-0.3, -0.25) is 9.00 Å². The number of amides is 1. The SMILES string of the molecule is O=C(Nc1c2c(nn1-c1ccc(F)cc1)CS(=O)C2)C1CCCCC1. The molecule has 1 N–H and O–H groups in total. The summed E-state index contributed by atoms with van der Waals surface area (Å²) in [6.45, 7) is 0. The van der Waals surface area contributed by atoms with Crippen LogP contribution in [0.25, 0.3) is 5.69 Å². The van der Waals surface area contributed by atoms with Gasteiger partial charge in [-0.25, -0.2) is 9.07 Å². The number of benzene rings is 1. The number of hydrogen-bond acceptors (Lipinski definition) is 3. The molecule has 0 spiro atoms. The molecular formula is C18H20FN3O2S. The molecule has 25 heavy (non-hydrogen) atoms. The van der Waals surface area contributed by atoms with E-state index in [4.69, 9.17) is 0 Å². The first-order valence-corrected chi connectivity index (χ1v) is 10.1. The Hall–Kier alpha value is -2.02. The molecule has 2 heterocycles. The number of nitrogens with one attached hydrogen (secondary N) is 1. The van der Waals surface area contributed by atoms with Crippen molar-refractivity contribution < 1.29 is 13.4 Å². The molecule has 0 bridgehead atoms. The molecular weight excluding hydrogens is 341 g/mol. The molecule has 1 fully saturated rings. The van der Waals surface area contributed by atoms with Crippen LogP contribution in [0.4, 0.5) is 10.2 Å². The second kappa shape index (κ2) is 6.71. The van der Waals surface area contributed by atoms with Crippen LogP contribution in [0.5, 0.6) is 0 Å². The minimum absolute atomic E-state index is 0.00319. The van der Waals surface area contributed by atoms with Gasteiger partial charge in [0.05, 0.1) is 22.9 Å². The largest absolute Gasteiger partial charge is 0.310 e. The fourth-order valence-corrected chi connectivity index (χ4v) is 4.87. The summed E-state index contributed by atoms with van der Waals surface area (Å²) in [5.41, 5.74) is 2.27. The molecule has 1 atom stereocenters. The van der Waals surface area contributed by atoms with Crippen LogP contribution in [0.2, 0.25) is 0 Å². The van der Waals surface area contributed by atoms with Crippen LogP contribution in [0.15, 0.2) is 24.3 Å². The van der Waals surface area contributed by atoms with Crippen molar-refractivity contribution in [2.75, 3.05) is 5.32 Å². The quantitative estimate of drug-likeness (QED) is 0.912. The molecule has 2 aliphatic rings. The lowest BCUT2D eigenvalue weighted by Crippen LogP contribution is -2.26. The first-order valence-electron chi connectivity index (χ1n) is 8.64. The van der Waals surface area contributed by atoms with Gasteiger partial charge in [0.2, 0.25) is 5.91 Å². The lowest BCUT2D eigenvalue weighted by atomic mass is 9.88. The van der Waals surface area contributed by atoms with Crippen molar-refractivity contribution in [1.82, 2.24) is 9.78 Å². The highest BCUT2D eigenvalue weighted by molar-refractivity contribution is 7.83. The standard InChI is InChI=1S/C18H20FN3O2S/c19-13-6-8-14(9-7-13)22-17(15-10-25(24)11-16(15)21-22)20-18(23)12-4-2-1-3-5-12/h6-9,12H,1-5,10-11H2,(H,20,23). The Bertz CT molecular complexity index is 826. The molecule has 1 aliphatic carbocycles. The van der Waals surface area contributed by atoms with Gasteiger partial charge in [0, 0.05) is 22.3 Å². The van der Waals surface area contributed by atoms with Gasteiger partial charge >= 0.3 is 0 Å². The highest BCUT2D eigenvalue weighted by Gasteiger charge is 2.30. The van der Waals surface area contributed by atoms with Crippen LogP contribution < -0.4 is 5.32 Å². The average Bonchev–Trinajstić information content (AvgIpc) is 3.13. The van der Waals surface area contributed by atoms with Crippen molar-refractivity contribution in [2.24, 2.45) is 5.92 Å². The molecule has 1 unspecified atom stereocenters. The molecule has 1 amide bonds. The van der Waals surface area contributed by atoms with Crippen LogP contribution in [0.3, 0.4) is 0 Å². The topological polar surface area (TPSA) is 64.0 Å². The Kier molecular flexibility index (Phi) is 4.41. The normalized spacial score (nSPS) is 20.4. The number of carbonyl (C=O) groups excluding carboxylic acids is 1. The number of rotatable bonds is 3. The van der Waals surface area contributed by atoms with Gasteiger partial charge in [-0.1, -0.05) is 19.3 Å². The van der Waals surface area contributed by atoms with Crippen LogP contribution in [-0.2, 0) is 27.1 Å². The third kappa shape index (κ3) is 3.25. The third-order valence-corrected chi connectivity index (χ3v) is 6.16. The molecule has 2 aromatic rings. The van der Waals surface area contributed by atoms with Crippen LogP contribution in [-0.4, -0.2) is 19.9 Å². The Morgan fingerprint density at radius 1 is 1.16 bits per heavy atom. The third-order valence-electron chi connectivity index (χ3n) is 4.96. The first kappa shape index (κ1) is 16.4. The Labute approximate surface area is 148 Å². The summed E-state index contributed by atoms with van der Waals surface area (Å²) < 4.78 is 26.8. The number of hydrogen-bond donors (Lipinski definition) is 1. The molecule has 1 aromatic carbocycles. The molecule has 1 aliphatic heterocycles. The summed E-state index contributed by atoms with van der Waals surface area (Å²) in [6, 6.07) is 6.00. The van der Waals surface area contributed by atoms with Crippen LogP contribution >= 0.6 is 0 Å². The first-order chi connectivity index (χ1) is 12.1. The van der Waals surface area contributed by atoms with E-state index in [9.17, 15) is 13.4 Å². The van der Waals surface area contributed by atoms with Gasteiger partial charge < -0.3 is 5.32 Å². The van der Waals surface area contributed by atoms with Crippen molar-refractivity contribution in [2.45, 2.75) is 43.6 Å². The van der Waals surface area contributed by atoms with Gasteiger partial charge in [-0.15, -0.1) is 0 Å². The maximum Gasteiger partial charge on any atom is 0.228 e. The number of aromatic nitrogens is 2. The second-order valence-corrected chi connectivity index (χ2v) is 8.17. The fraction of sp³-hybridized carbons (Fsp3) is 0.444. The van der Waals surface area contributed by atoms with Crippen molar-refractivity contribution >= 4 is 22.5 Å². The van der Waals surface area contributed by atoms with E-state index in [0.29, 0.717) is 23.0 Å². The van der Waals surface area contributed by atoms with Gasteiger partial charge in [-0.05, 0) is 37.1 Å². The Morgan fingerprint density at radius 3 is 2.60 bits per heavy atom. The summed E-state index contributed by atoms with van der Waals surface area (Å²) in [5.74, 6) is 1.09. The second-order valence-electron chi connectivity index (χ2n) is 6.71. The van der Waals surface area contributed by atoms with E-state index in [2.05, 4.69) is 10.4 Å². The van der Waals surface area contributed by atoms with Crippen molar-refractivity contribution in [3.8, 4) is 5.69 Å². The van der Waals surface area contributed by atoms with Gasteiger partial charge in [0.15, 0.2) is 0 Å². The van der Waals surface area contributed by atoms with Crippen LogP contribution in [0, 0.1) is 11.7 Å². The Balaban J connectivity index is 1.68. The molecule has 1 saturated carbocycles. The number of anilines is 1. The van der Waals surface area contributed by atoms with Crippen molar-refractivity contribution in [3.63, 3.8) is 0 Å². The van der Waals surface area contributed by atoms with E-state index >= 15 is 0 Å². The van der Waals surface area contributed by atoms with Gasteiger partial charge in [0.25, 0.3) is 0 Å². The molecule has 132 valence electrons. The van der Waals surface area contributed by atoms with Crippen LogP contribution in [0.1, 0.15) is 43.4 Å². The van der Waals surface area contributed by atoms with E-state index in [1.165, 1.54) is 18.6 Å². The van der Waals surface area contributed by atoms with E-state index in [1.807, 2.05) is 0 Å². The molecule has 0 saturated heterocycles. The highest BCUT2D eigenvalue weighted by Crippen LogP contribution is 2.33. The maximum atomic E-state index is 13.2. The van der Waals surface area contributed by atoms with Crippen molar-refractivity contribution in [1.29, 1.82) is 0 Å². The maximum absolute atomic E-state index is 13.2. The average molecular weight is 361 g/mol. The summed E-state index contributed by atoms with van der Waals surface area (Å²) in [5, 5.41) is 7.55. The monoisotopic (exact) mass is 361 g/mol. The molecule has 0 radical (unpaired) electrons. The smallest absolute Gasteiger partial charge is 0.228 e. The number of fused-ring (bicyclic) bond motifs is 1. The molecule has 4 rings (SSSR count). The van der Waals surface area contributed by atoms with Gasteiger partial charge in [0.1, 0.15) is 11.6 Å². The minimum atomic E-state index is -0.973. The molecule has 1 aromatic heterocycles. The summed E-state index contributed by atoms with van der Waals surface area (Å²) in [7, 11) is -0.973. The molecule has 5 nitrogen and oxygen atoms in total. The van der Waals surface area contributed by atoms with E-state index < -0.39 is 10.8 Å². The van der Waals surface area contributed by atoms with E-state index in [0.717, 1.165) is 36.9 Å². The summed E-state index contributed by atoms with van der Waals surface area (Å²) in [4.78, 5) is 12.7. The number of nitrogens with zero attached hydrogens (tertiary/aromatic N) is 2. The summed E-state index contributed by atoms with van der Waals surface area (Å²) >= 11 is 0. The lowest BCUT2D eigenvalue weighted by Gasteiger charge is -2.21. The minimum Gasteiger partial charge on any atom is -0.310 e. The van der Waals surface area contributed by atoms with E-state index in [1.54, 1.807) is 16.8 Å². The highest BCUT2D eigenvalue weighted by atomic mass is 32.2. The zero-order valence-corrected chi connectivity index (χ0v) is 14.7. The number of halogens is 1. The predicted octanol–water partition coefficient (Wildman–Crippen LogP) is 3.29. The van der Waals surface area contributed by atoms with E-state index in [-0.39, 0.29) is 17.6 Å². The summed E-state index contributed by atoms with van der Waals surface area (Å²) in [6.07, 6.45) is 5.16. The zero-order chi connectivity index (χ0) is 17.4. The lowest BCUT2D eigenvalue weighted by molar-refractivity contribution is -0.120. The molecule has 7 heteroatoms. The predicted molar refractivity (Wildman–Crippen MR) is 94.3 cm³/mol. The zero-order valence-electron chi connectivity index (χ0n) is 13.8.